The molecule has 3 aliphatic carbocycles. The maximum atomic E-state index is 14.3. The molecule has 1 unspecified atom stereocenters. The Balaban J connectivity index is 1.21. The van der Waals surface area contributed by atoms with Gasteiger partial charge < -0.3 is 15.0 Å². The summed E-state index contributed by atoms with van der Waals surface area (Å²) in [4.78, 5) is 53.8. The molecule has 13 heteroatoms. The number of thiazole rings is 1. The van der Waals surface area contributed by atoms with E-state index in [1.54, 1.807) is 30.4 Å². The number of aryl methyl sites for hydroxylation is 1. The number of hydrogen-bond acceptors (Lipinski definition) is 9. The molecule has 2 aromatic heterocycles. The fourth-order valence-corrected chi connectivity index (χ4v) is 10.4. The highest BCUT2D eigenvalue weighted by Gasteiger charge is 2.62. The average molecular weight is 748 g/mol. The van der Waals surface area contributed by atoms with Gasteiger partial charge in [0, 0.05) is 47.7 Å². The van der Waals surface area contributed by atoms with Gasteiger partial charge in [0.25, 0.3) is 5.91 Å². The molecule has 3 saturated carbocycles. The summed E-state index contributed by atoms with van der Waals surface area (Å²) in [6.45, 7) is 6.84. The number of ether oxygens (including phenoxy) is 1. The van der Waals surface area contributed by atoms with Crippen LogP contribution in [0.4, 0.5) is 0 Å². The van der Waals surface area contributed by atoms with Crippen molar-refractivity contribution in [3.63, 3.8) is 0 Å². The topological polar surface area (TPSA) is 148 Å². The van der Waals surface area contributed by atoms with Crippen LogP contribution < -0.4 is 14.8 Å². The zero-order chi connectivity index (χ0) is 36.9. The van der Waals surface area contributed by atoms with E-state index >= 15 is 0 Å². The third kappa shape index (κ3) is 7.10. The van der Waals surface area contributed by atoms with Crippen molar-refractivity contribution in [2.24, 2.45) is 23.7 Å². The van der Waals surface area contributed by atoms with Crippen LogP contribution in [0.25, 0.3) is 21.6 Å². The highest BCUT2D eigenvalue weighted by molar-refractivity contribution is 7.91. The molecular formula is C39H49N5O6S2. The normalized spacial score (nSPS) is 27.5. The van der Waals surface area contributed by atoms with E-state index in [-0.39, 0.29) is 29.6 Å². The first kappa shape index (κ1) is 36.5. The van der Waals surface area contributed by atoms with Crippen LogP contribution in [0.15, 0.2) is 35.7 Å². The number of methoxy groups -OCH3 is 1. The fourth-order valence-electron chi connectivity index (χ4n) is 8.07. The number of nitrogens with zero attached hydrogens (tertiary/aromatic N) is 3. The molecule has 0 bridgehead atoms. The third-order valence-corrected chi connectivity index (χ3v) is 14.2. The van der Waals surface area contributed by atoms with E-state index < -0.39 is 38.6 Å². The van der Waals surface area contributed by atoms with E-state index in [1.807, 2.05) is 31.2 Å². The van der Waals surface area contributed by atoms with Crippen LogP contribution in [-0.2, 0) is 30.8 Å². The lowest BCUT2D eigenvalue weighted by molar-refractivity contribution is -0.140. The van der Waals surface area contributed by atoms with Crippen LogP contribution >= 0.6 is 11.3 Å². The summed E-state index contributed by atoms with van der Waals surface area (Å²) in [5, 5.41) is 6.36. The molecule has 1 aliphatic heterocycles. The van der Waals surface area contributed by atoms with Crippen molar-refractivity contribution >= 4 is 50.0 Å². The first-order chi connectivity index (χ1) is 24.8. The number of nitrogens with one attached hydrogen (secondary N) is 2. The summed E-state index contributed by atoms with van der Waals surface area (Å²) in [5.74, 6) is -1.64. The minimum Gasteiger partial charge on any atom is -0.496 e. The smallest absolute Gasteiger partial charge is 0.259 e. The maximum absolute atomic E-state index is 14.3. The van der Waals surface area contributed by atoms with Crippen molar-refractivity contribution in [2.75, 3.05) is 20.7 Å². The van der Waals surface area contributed by atoms with E-state index in [9.17, 15) is 22.8 Å². The number of benzene rings is 1. The van der Waals surface area contributed by atoms with Gasteiger partial charge in [0.05, 0.1) is 29.3 Å². The average Bonchev–Trinajstić information content (AvgIpc) is 3.98. The number of sulfonamides is 1. The quantitative estimate of drug-likeness (QED) is 0.281. The highest BCUT2D eigenvalue weighted by atomic mass is 32.2. The van der Waals surface area contributed by atoms with Gasteiger partial charge in [0.2, 0.25) is 21.8 Å². The molecule has 4 aliphatic rings. The minimum absolute atomic E-state index is 0.00734. The van der Waals surface area contributed by atoms with E-state index in [4.69, 9.17) is 14.7 Å². The number of rotatable bonds is 8. The molecule has 3 aromatic rings. The lowest BCUT2D eigenvalue weighted by atomic mass is 9.93. The second-order valence-corrected chi connectivity index (χ2v) is 18.4. The Kier molecular flexibility index (Phi) is 9.96. The molecule has 52 heavy (non-hydrogen) atoms. The standard InChI is InChI=1S/C39H49N5O6S2/c1-22(2)32-21-51-36(41-32)31-19-25(28-13-14-33(50-5)23(3)34(28)40-31)16-24-17-29-30(18-24)37(46)44(4)15-9-7-6-8-10-26-20-39(26,42-35(29)45)38(47)43-52(48,49)27-11-12-27/h8,10,13-14,19,21-22,24,26-27,29-30H,6-7,9,11-12,15-18,20H2,1-5H3,(H,42,45)(H,43,47)/b10-8-/t24-,26+,29-,30?,39+/m1/s1. The first-order valence-electron chi connectivity index (χ1n) is 18.5. The Morgan fingerprint density at radius 2 is 1.92 bits per heavy atom. The number of carbonyl (C=O) groups excluding carboxylic acids is 3. The predicted octanol–water partition coefficient (Wildman–Crippen LogP) is 5.67. The van der Waals surface area contributed by atoms with Gasteiger partial charge in [-0.05, 0) is 100 Å². The minimum atomic E-state index is -3.81. The monoisotopic (exact) mass is 747 g/mol. The summed E-state index contributed by atoms with van der Waals surface area (Å²) >= 11 is 1.57. The van der Waals surface area contributed by atoms with Crippen LogP contribution in [-0.4, -0.2) is 72.5 Å². The summed E-state index contributed by atoms with van der Waals surface area (Å²) in [6.07, 6.45) is 9.36. The summed E-state index contributed by atoms with van der Waals surface area (Å²) < 4.78 is 33.5. The van der Waals surface area contributed by atoms with Gasteiger partial charge in [-0.1, -0.05) is 26.0 Å². The summed E-state index contributed by atoms with van der Waals surface area (Å²) in [6, 6.07) is 6.09. The van der Waals surface area contributed by atoms with Crippen molar-refractivity contribution in [2.45, 2.75) is 95.3 Å². The molecule has 2 N–H and O–H groups in total. The lowest BCUT2D eigenvalue weighted by Gasteiger charge is -2.27. The highest BCUT2D eigenvalue weighted by Crippen LogP contribution is 2.48. The van der Waals surface area contributed by atoms with Gasteiger partial charge >= 0.3 is 0 Å². The number of amides is 3. The largest absolute Gasteiger partial charge is 0.496 e. The molecule has 3 fully saturated rings. The number of allylic oxidation sites excluding steroid dienone is 1. The Morgan fingerprint density at radius 3 is 2.63 bits per heavy atom. The summed E-state index contributed by atoms with van der Waals surface area (Å²) in [7, 11) is -0.353. The van der Waals surface area contributed by atoms with Crippen LogP contribution in [0, 0.1) is 30.6 Å². The van der Waals surface area contributed by atoms with Gasteiger partial charge in [0.1, 0.15) is 16.3 Å². The lowest BCUT2D eigenvalue weighted by Crippen LogP contribution is -2.54. The molecule has 0 spiro atoms. The van der Waals surface area contributed by atoms with E-state index in [0.29, 0.717) is 45.1 Å². The summed E-state index contributed by atoms with van der Waals surface area (Å²) in [5.41, 5.74) is 3.27. The molecule has 5 atom stereocenters. The van der Waals surface area contributed by atoms with E-state index in [2.05, 4.69) is 35.3 Å². The number of pyridine rings is 1. The number of fused-ring (bicyclic) bond motifs is 3. The molecule has 0 radical (unpaired) electrons. The first-order valence-corrected chi connectivity index (χ1v) is 21.0. The van der Waals surface area contributed by atoms with Gasteiger partial charge in [0.15, 0.2) is 0 Å². The van der Waals surface area contributed by atoms with E-state index in [1.165, 1.54) is 0 Å². The Hall–Kier alpha value is -3.84. The van der Waals surface area contributed by atoms with Gasteiger partial charge in [-0.3, -0.25) is 19.1 Å². The van der Waals surface area contributed by atoms with Crippen LogP contribution in [0.1, 0.15) is 88.0 Å². The van der Waals surface area contributed by atoms with Crippen molar-refractivity contribution < 1.29 is 27.5 Å². The third-order valence-electron chi connectivity index (χ3n) is 11.5. The zero-order valence-corrected chi connectivity index (χ0v) is 32.2. The van der Waals surface area contributed by atoms with Gasteiger partial charge in [-0.2, -0.15) is 0 Å². The van der Waals surface area contributed by atoms with Crippen molar-refractivity contribution in [1.82, 2.24) is 24.9 Å². The van der Waals surface area contributed by atoms with Crippen LogP contribution in [0.5, 0.6) is 5.75 Å². The molecule has 3 amide bonds. The van der Waals surface area contributed by atoms with Crippen molar-refractivity contribution in [3.8, 4) is 16.5 Å². The second kappa shape index (κ2) is 14.2. The molecule has 1 aromatic carbocycles. The molecule has 0 saturated heterocycles. The van der Waals surface area contributed by atoms with Crippen LogP contribution in [0.3, 0.4) is 0 Å². The maximum Gasteiger partial charge on any atom is 0.259 e. The molecular weight excluding hydrogens is 699 g/mol. The van der Waals surface area contributed by atoms with Crippen molar-refractivity contribution in [1.29, 1.82) is 0 Å². The van der Waals surface area contributed by atoms with Crippen molar-refractivity contribution in [3.05, 3.63) is 52.6 Å². The van der Waals surface area contributed by atoms with Gasteiger partial charge in [-0.15, -0.1) is 11.3 Å². The Bertz CT molecular complexity index is 2040. The number of hydrogen-bond donors (Lipinski definition) is 2. The SMILES string of the molecule is COc1ccc2c(C[C@H]3CC4C(=O)N(C)CCCC/C=C\[C@H]5C[C@]5(C(=O)NS(=O)(=O)C5CC5)NC(=O)[C@@H]4C3)cc(-c3nc(C(C)C)cs3)nc2c1C. The van der Waals surface area contributed by atoms with Gasteiger partial charge in [-0.25, -0.2) is 18.4 Å². The Labute approximate surface area is 310 Å². The van der Waals surface area contributed by atoms with E-state index in [0.717, 1.165) is 63.4 Å². The van der Waals surface area contributed by atoms with Crippen LogP contribution in [0.2, 0.25) is 0 Å². The molecule has 7 rings (SSSR count). The number of aromatic nitrogens is 2. The molecule has 11 nitrogen and oxygen atoms in total. The Morgan fingerprint density at radius 1 is 1.15 bits per heavy atom. The predicted molar refractivity (Wildman–Crippen MR) is 201 cm³/mol. The molecule has 278 valence electrons. The number of carbonyl (C=O) groups is 3. The fraction of sp³-hybridized carbons (Fsp3) is 0.564. The molecule has 3 heterocycles. The second-order valence-electron chi connectivity index (χ2n) is 15.6. The zero-order valence-electron chi connectivity index (χ0n) is 30.6.